The number of fused-ring (bicyclic) bond motifs is 1. The van der Waals surface area contributed by atoms with Crippen molar-refractivity contribution in [3.63, 3.8) is 0 Å². The average molecular weight is 437 g/mol. The minimum atomic E-state index is -0.286. The van der Waals surface area contributed by atoms with E-state index in [0.29, 0.717) is 16.4 Å². The van der Waals surface area contributed by atoms with Crippen LogP contribution >= 0.6 is 27.3 Å². The van der Waals surface area contributed by atoms with Gasteiger partial charge in [0, 0.05) is 5.56 Å². The lowest BCUT2D eigenvalue weighted by Crippen LogP contribution is -2.26. The maximum atomic E-state index is 13.7. The van der Waals surface area contributed by atoms with Gasteiger partial charge in [-0.15, -0.1) is 0 Å². The molecule has 0 aliphatic heterocycles. The molecule has 3 aromatic rings. The van der Waals surface area contributed by atoms with Gasteiger partial charge in [0.05, 0.1) is 15.0 Å². The van der Waals surface area contributed by atoms with Gasteiger partial charge in [0.2, 0.25) is 5.91 Å². The van der Waals surface area contributed by atoms with Gasteiger partial charge in [-0.3, -0.25) is 4.79 Å². The van der Waals surface area contributed by atoms with Crippen molar-refractivity contribution < 1.29 is 13.9 Å². The number of benzene rings is 2. The number of anilines is 1. The molecule has 136 valence electrons. The Labute approximate surface area is 163 Å². The van der Waals surface area contributed by atoms with E-state index in [2.05, 4.69) is 26.2 Å². The number of amides is 1. The second-order valence-electron chi connectivity index (χ2n) is 6.16. The van der Waals surface area contributed by atoms with Gasteiger partial charge in [-0.2, -0.15) is 0 Å². The molecule has 0 saturated heterocycles. The molecule has 1 N–H and O–H groups in total. The Bertz CT molecular complexity index is 929. The van der Waals surface area contributed by atoms with Crippen molar-refractivity contribution in [3.8, 4) is 5.75 Å². The summed E-state index contributed by atoms with van der Waals surface area (Å²) in [5.74, 6) is 0.409. The predicted octanol–water partition coefficient (Wildman–Crippen LogP) is 5.37. The molecule has 0 aliphatic carbocycles. The minimum absolute atomic E-state index is 0.116. The van der Waals surface area contributed by atoms with E-state index in [4.69, 9.17) is 4.74 Å². The van der Waals surface area contributed by atoms with Crippen molar-refractivity contribution in [2.75, 3.05) is 5.32 Å². The van der Waals surface area contributed by atoms with Crippen molar-refractivity contribution in [1.82, 2.24) is 4.98 Å². The molecule has 1 aromatic heterocycles. The number of nitrogens with one attached hydrogen (secondary N) is 1. The van der Waals surface area contributed by atoms with Gasteiger partial charge in [0.25, 0.3) is 0 Å². The number of ether oxygens (including phenoxy) is 1. The van der Waals surface area contributed by atoms with Crippen LogP contribution < -0.4 is 10.1 Å². The van der Waals surface area contributed by atoms with Crippen molar-refractivity contribution in [2.24, 2.45) is 5.92 Å². The Hall–Kier alpha value is -1.99. The Kier molecular flexibility index (Phi) is 5.88. The summed E-state index contributed by atoms with van der Waals surface area (Å²) in [6, 6.07) is 12.0. The van der Waals surface area contributed by atoms with E-state index in [-0.39, 0.29) is 29.1 Å². The number of halogens is 2. The van der Waals surface area contributed by atoms with Gasteiger partial charge in [-0.05, 0) is 30.2 Å². The molecule has 0 radical (unpaired) electrons. The molecule has 0 aliphatic rings. The fourth-order valence-corrected chi connectivity index (χ4v) is 3.31. The maximum Gasteiger partial charge on any atom is 0.240 e. The number of hydrogen-bond donors (Lipinski definition) is 1. The lowest BCUT2D eigenvalue weighted by molar-refractivity contribution is -0.116. The molecule has 0 saturated carbocycles. The SMILES string of the molecule is CC(C)C(Br)C(=O)Nc1nc2ccc(OCc3ccccc3F)cc2s1. The van der Waals surface area contributed by atoms with Crippen molar-refractivity contribution in [2.45, 2.75) is 25.3 Å². The Morgan fingerprint density at radius 1 is 1.31 bits per heavy atom. The van der Waals surface area contributed by atoms with Crippen LogP contribution in [-0.2, 0) is 11.4 Å². The maximum absolute atomic E-state index is 13.7. The first-order valence-electron chi connectivity index (χ1n) is 8.16. The Morgan fingerprint density at radius 3 is 2.81 bits per heavy atom. The van der Waals surface area contributed by atoms with E-state index < -0.39 is 0 Å². The number of alkyl halides is 1. The van der Waals surface area contributed by atoms with Crippen LogP contribution in [0.15, 0.2) is 42.5 Å². The van der Waals surface area contributed by atoms with Crippen LogP contribution in [0, 0.1) is 11.7 Å². The second kappa shape index (κ2) is 8.14. The highest BCUT2D eigenvalue weighted by atomic mass is 79.9. The van der Waals surface area contributed by atoms with Crippen molar-refractivity contribution >= 4 is 48.5 Å². The molecule has 7 heteroatoms. The highest BCUT2D eigenvalue weighted by Crippen LogP contribution is 2.30. The van der Waals surface area contributed by atoms with Gasteiger partial charge in [-0.1, -0.05) is 59.3 Å². The molecule has 1 unspecified atom stereocenters. The fraction of sp³-hybridized carbons (Fsp3) is 0.263. The molecule has 26 heavy (non-hydrogen) atoms. The predicted molar refractivity (Wildman–Crippen MR) is 107 cm³/mol. The standard InChI is InChI=1S/C19H18BrFN2O2S/c1-11(2)17(20)18(24)23-19-22-15-8-7-13(9-16(15)26-19)25-10-12-5-3-4-6-14(12)21/h3-9,11,17H,10H2,1-2H3,(H,22,23,24). The molecule has 1 heterocycles. The molecule has 4 nitrogen and oxygen atoms in total. The third-order valence-corrected chi connectivity index (χ3v) is 6.18. The second-order valence-corrected chi connectivity index (χ2v) is 8.18. The van der Waals surface area contributed by atoms with E-state index in [1.54, 1.807) is 24.3 Å². The quantitative estimate of drug-likeness (QED) is 0.528. The number of carbonyl (C=O) groups excluding carboxylic acids is 1. The first-order chi connectivity index (χ1) is 12.4. The topological polar surface area (TPSA) is 51.2 Å². The lowest BCUT2D eigenvalue weighted by atomic mass is 10.1. The molecular weight excluding hydrogens is 419 g/mol. The van der Waals surface area contributed by atoms with Gasteiger partial charge in [0.15, 0.2) is 5.13 Å². The highest BCUT2D eigenvalue weighted by molar-refractivity contribution is 9.10. The molecule has 2 aromatic carbocycles. The summed E-state index contributed by atoms with van der Waals surface area (Å²) in [5.41, 5.74) is 1.28. The van der Waals surface area contributed by atoms with Crippen LogP contribution in [0.5, 0.6) is 5.75 Å². The van der Waals surface area contributed by atoms with Crippen LogP contribution in [0.25, 0.3) is 10.2 Å². The Morgan fingerprint density at radius 2 is 2.08 bits per heavy atom. The summed E-state index contributed by atoms with van der Waals surface area (Å²) in [4.78, 5) is 16.3. The van der Waals surface area contributed by atoms with Gasteiger partial charge in [-0.25, -0.2) is 9.37 Å². The zero-order valence-corrected chi connectivity index (χ0v) is 16.7. The number of hydrogen-bond acceptors (Lipinski definition) is 4. The van der Waals surface area contributed by atoms with E-state index in [1.807, 2.05) is 26.0 Å². The van der Waals surface area contributed by atoms with Crippen LogP contribution in [-0.4, -0.2) is 15.7 Å². The fourth-order valence-electron chi connectivity index (χ4n) is 2.30. The van der Waals surface area contributed by atoms with Crippen LogP contribution in [0.2, 0.25) is 0 Å². The normalized spacial score (nSPS) is 12.3. The smallest absolute Gasteiger partial charge is 0.240 e. The van der Waals surface area contributed by atoms with Gasteiger partial charge in [0.1, 0.15) is 18.2 Å². The summed E-state index contributed by atoms with van der Waals surface area (Å²) in [5, 5.41) is 3.37. The number of carbonyl (C=O) groups is 1. The first-order valence-corrected chi connectivity index (χ1v) is 9.89. The summed E-state index contributed by atoms with van der Waals surface area (Å²) in [7, 11) is 0. The summed E-state index contributed by atoms with van der Waals surface area (Å²) >= 11 is 4.76. The van der Waals surface area contributed by atoms with Gasteiger partial charge < -0.3 is 10.1 Å². The molecule has 1 atom stereocenters. The molecule has 0 bridgehead atoms. The van der Waals surface area contributed by atoms with E-state index in [1.165, 1.54) is 17.4 Å². The van der Waals surface area contributed by atoms with Crippen molar-refractivity contribution in [3.05, 3.63) is 53.8 Å². The molecule has 1 amide bonds. The zero-order chi connectivity index (χ0) is 18.7. The van der Waals surface area contributed by atoms with Crippen LogP contribution in [0.4, 0.5) is 9.52 Å². The van der Waals surface area contributed by atoms with Crippen LogP contribution in [0.3, 0.4) is 0 Å². The zero-order valence-electron chi connectivity index (χ0n) is 14.3. The van der Waals surface area contributed by atoms with Crippen LogP contribution in [0.1, 0.15) is 19.4 Å². The van der Waals surface area contributed by atoms with E-state index in [0.717, 1.165) is 10.2 Å². The number of thiazole rings is 1. The molecular formula is C19H18BrFN2O2S. The highest BCUT2D eigenvalue weighted by Gasteiger charge is 2.20. The third-order valence-electron chi connectivity index (χ3n) is 3.78. The van der Waals surface area contributed by atoms with Gasteiger partial charge >= 0.3 is 0 Å². The number of nitrogens with zero attached hydrogens (tertiary/aromatic N) is 1. The minimum Gasteiger partial charge on any atom is -0.489 e. The first kappa shape index (κ1) is 18.8. The monoisotopic (exact) mass is 436 g/mol. The number of rotatable bonds is 6. The largest absolute Gasteiger partial charge is 0.489 e. The molecule has 0 fully saturated rings. The molecule has 0 spiro atoms. The van der Waals surface area contributed by atoms with Crippen molar-refractivity contribution in [1.29, 1.82) is 0 Å². The van der Waals surface area contributed by atoms with E-state index in [9.17, 15) is 9.18 Å². The Balaban J connectivity index is 1.71. The summed E-state index contributed by atoms with van der Waals surface area (Å²) in [6.07, 6.45) is 0. The molecule has 3 rings (SSSR count). The summed E-state index contributed by atoms with van der Waals surface area (Å²) < 4.78 is 20.2. The number of aromatic nitrogens is 1. The van der Waals surface area contributed by atoms with E-state index >= 15 is 0 Å². The lowest BCUT2D eigenvalue weighted by Gasteiger charge is -2.11. The average Bonchev–Trinajstić information content (AvgIpc) is 3.01. The third kappa shape index (κ3) is 4.40. The summed E-state index contributed by atoms with van der Waals surface area (Å²) in [6.45, 7) is 4.09.